The van der Waals surface area contributed by atoms with Crippen LogP contribution >= 0.6 is 11.8 Å². The van der Waals surface area contributed by atoms with E-state index in [2.05, 4.69) is 41.9 Å². The van der Waals surface area contributed by atoms with Crippen molar-refractivity contribution in [1.29, 1.82) is 0 Å². The van der Waals surface area contributed by atoms with Crippen LogP contribution in [0.4, 0.5) is 0 Å². The highest BCUT2D eigenvalue weighted by molar-refractivity contribution is 7.99. The van der Waals surface area contributed by atoms with E-state index in [0.717, 1.165) is 12.4 Å². The molecule has 0 aromatic carbocycles. The van der Waals surface area contributed by atoms with E-state index in [9.17, 15) is 0 Å². The minimum Gasteiger partial charge on any atom is -0.337 e. The van der Waals surface area contributed by atoms with Crippen LogP contribution < -0.4 is 5.32 Å². The molecule has 15 heavy (non-hydrogen) atoms. The summed E-state index contributed by atoms with van der Waals surface area (Å²) in [6.45, 7) is 7.63. The van der Waals surface area contributed by atoms with Gasteiger partial charge in [-0.05, 0) is 27.0 Å². The maximum atomic E-state index is 4.34. The SMILES string of the molecule is CSC(C)(C)CNC(C)c1nccn1C. The standard InChI is InChI=1S/C11H21N3S/c1-9(10-12-6-7-14(10)4)13-8-11(2,3)15-5/h6-7,9,13H,8H2,1-5H3. The van der Waals surface area contributed by atoms with Crippen LogP contribution in [0, 0.1) is 0 Å². The Balaban J connectivity index is 2.50. The van der Waals surface area contributed by atoms with Gasteiger partial charge in [-0.3, -0.25) is 0 Å². The number of imidazole rings is 1. The number of aryl methyl sites for hydroxylation is 1. The summed E-state index contributed by atoms with van der Waals surface area (Å²) in [5.74, 6) is 1.09. The lowest BCUT2D eigenvalue weighted by Gasteiger charge is -2.25. The normalized spacial score (nSPS) is 14.2. The maximum absolute atomic E-state index is 4.34. The molecule has 0 aliphatic rings. The largest absolute Gasteiger partial charge is 0.337 e. The second kappa shape index (κ2) is 5.03. The lowest BCUT2D eigenvalue weighted by atomic mass is 10.2. The molecule has 0 fully saturated rings. The van der Waals surface area contributed by atoms with E-state index in [0.29, 0.717) is 6.04 Å². The Morgan fingerprint density at radius 1 is 1.60 bits per heavy atom. The molecule has 3 nitrogen and oxygen atoms in total. The minimum atomic E-state index is 0.277. The number of hydrogen-bond acceptors (Lipinski definition) is 3. The zero-order chi connectivity index (χ0) is 11.5. The van der Waals surface area contributed by atoms with Gasteiger partial charge in [0.1, 0.15) is 5.82 Å². The summed E-state index contributed by atoms with van der Waals surface area (Å²) in [7, 11) is 2.03. The fourth-order valence-electron chi connectivity index (χ4n) is 1.36. The predicted octanol–water partition coefficient (Wildman–Crippen LogP) is 2.21. The fraction of sp³-hybridized carbons (Fsp3) is 0.727. The van der Waals surface area contributed by atoms with Crippen molar-refractivity contribution < 1.29 is 0 Å². The van der Waals surface area contributed by atoms with E-state index >= 15 is 0 Å². The van der Waals surface area contributed by atoms with Crippen LogP contribution in [0.25, 0.3) is 0 Å². The molecule has 86 valence electrons. The second-order valence-electron chi connectivity index (χ2n) is 4.46. The summed E-state index contributed by atoms with van der Waals surface area (Å²) in [6.07, 6.45) is 5.97. The van der Waals surface area contributed by atoms with Gasteiger partial charge >= 0.3 is 0 Å². The Morgan fingerprint density at radius 3 is 2.73 bits per heavy atom. The molecule has 1 aromatic rings. The summed E-state index contributed by atoms with van der Waals surface area (Å²) in [5.41, 5.74) is 0. The van der Waals surface area contributed by atoms with Crippen LogP contribution in [0.5, 0.6) is 0 Å². The molecule has 0 spiro atoms. The first-order valence-electron chi connectivity index (χ1n) is 5.22. The Kier molecular flexibility index (Phi) is 4.22. The molecule has 0 aliphatic heterocycles. The summed E-state index contributed by atoms with van der Waals surface area (Å²) in [4.78, 5) is 4.34. The van der Waals surface area contributed by atoms with E-state index in [4.69, 9.17) is 0 Å². The zero-order valence-corrected chi connectivity index (χ0v) is 11.1. The highest BCUT2D eigenvalue weighted by Crippen LogP contribution is 2.21. The average molecular weight is 227 g/mol. The third-order valence-corrected chi connectivity index (χ3v) is 3.88. The number of thioether (sulfide) groups is 1. The lowest BCUT2D eigenvalue weighted by Crippen LogP contribution is -2.34. The summed E-state index contributed by atoms with van der Waals surface area (Å²) in [5, 5.41) is 3.51. The van der Waals surface area contributed by atoms with E-state index in [1.54, 1.807) is 0 Å². The van der Waals surface area contributed by atoms with Crippen molar-refractivity contribution in [2.24, 2.45) is 7.05 Å². The molecule has 0 saturated heterocycles. The van der Waals surface area contributed by atoms with Crippen molar-refractivity contribution in [2.75, 3.05) is 12.8 Å². The summed E-state index contributed by atoms with van der Waals surface area (Å²) in [6, 6.07) is 0.302. The summed E-state index contributed by atoms with van der Waals surface area (Å²) >= 11 is 1.88. The van der Waals surface area contributed by atoms with Crippen molar-refractivity contribution >= 4 is 11.8 Å². The minimum absolute atomic E-state index is 0.277. The number of aromatic nitrogens is 2. The van der Waals surface area contributed by atoms with Gasteiger partial charge in [-0.1, -0.05) is 0 Å². The number of rotatable bonds is 5. The molecule has 0 saturated carbocycles. The van der Waals surface area contributed by atoms with Crippen LogP contribution in [0.3, 0.4) is 0 Å². The molecule has 1 N–H and O–H groups in total. The zero-order valence-electron chi connectivity index (χ0n) is 10.2. The molecule has 1 heterocycles. The van der Waals surface area contributed by atoms with Gasteiger partial charge in [0.05, 0.1) is 6.04 Å². The van der Waals surface area contributed by atoms with Crippen molar-refractivity contribution in [3.05, 3.63) is 18.2 Å². The molecule has 0 radical (unpaired) electrons. The molecule has 0 amide bonds. The molecule has 1 aromatic heterocycles. The lowest BCUT2D eigenvalue weighted by molar-refractivity contribution is 0.494. The molecular weight excluding hydrogens is 206 g/mol. The first-order chi connectivity index (χ1) is 6.96. The third-order valence-electron chi connectivity index (χ3n) is 2.63. The van der Waals surface area contributed by atoms with E-state index in [1.165, 1.54) is 0 Å². The number of nitrogens with zero attached hydrogens (tertiary/aromatic N) is 2. The third kappa shape index (κ3) is 3.54. The first kappa shape index (κ1) is 12.6. The number of nitrogens with one attached hydrogen (secondary N) is 1. The quantitative estimate of drug-likeness (QED) is 0.836. The Hall–Kier alpha value is -0.480. The van der Waals surface area contributed by atoms with Gasteiger partial charge in [-0.25, -0.2) is 4.98 Å². The van der Waals surface area contributed by atoms with Crippen molar-refractivity contribution in [2.45, 2.75) is 31.6 Å². The van der Waals surface area contributed by atoms with Gasteiger partial charge in [0.15, 0.2) is 0 Å². The van der Waals surface area contributed by atoms with E-state index < -0.39 is 0 Å². The van der Waals surface area contributed by atoms with Crippen LogP contribution in [0.1, 0.15) is 32.6 Å². The van der Waals surface area contributed by atoms with Crippen LogP contribution in [-0.4, -0.2) is 27.1 Å². The van der Waals surface area contributed by atoms with Gasteiger partial charge in [-0.2, -0.15) is 11.8 Å². The molecule has 1 atom stereocenters. The van der Waals surface area contributed by atoms with Crippen molar-refractivity contribution in [3.8, 4) is 0 Å². The maximum Gasteiger partial charge on any atom is 0.125 e. The van der Waals surface area contributed by atoms with Gasteiger partial charge in [0, 0.05) is 30.7 Å². The topological polar surface area (TPSA) is 29.9 Å². The number of hydrogen-bond donors (Lipinski definition) is 1. The molecule has 0 aliphatic carbocycles. The van der Waals surface area contributed by atoms with Crippen LogP contribution in [-0.2, 0) is 7.05 Å². The van der Waals surface area contributed by atoms with Crippen molar-refractivity contribution in [3.63, 3.8) is 0 Å². The van der Waals surface area contributed by atoms with E-state index in [-0.39, 0.29) is 4.75 Å². The molecule has 1 rings (SSSR count). The average Bonchev–Trinajstić information content (AvgIpc) is 2.61. The van der Waals surface area contributed by atoms with Gasteiger partial charge < -0.3 is 9.88 Å². The Bertz CT molecular complexity index is 307. The van der Waals surface area contributed by atoms with Gasteiger partial charge in [0.2, 0.25) is 0 Å². The second-order valence-corrected chi connectivity index (χ2v) is 5.98. The first-order valence-corrected chi connectivity index (χ1v) is 6.44. The molecule has 0 bridgehead atoms. The molecular formula is C11H21N3S. The van der Waals surface area contributed by atoms with Gasteiger partial charge in [0.25, 0.3) is 0 Å². The summed E-state index contributed by atoms with van der Waals surface area (Å²) < 4.78 is 2.34. The molecule has 4 heteroatoms. The van der Waals surface area contributed by atoms with Crippen molar-refractivity contribution in [1.82, 2.24) is 14.9 Å². The monoisotopic (exact) mass is 227 g/mol. The van der Waals surface area contributed by atoms with Crippen LogP contribution in [0.2, 0.25) is 0 Å². The smallest absolute Gasteiger partial charge is 0.125 e. The van der Waals surface area contributed by atoms with Crippen LogP contribution in [0.15, 0.2) is 12.4 Å². The highest BCUT2D eigenvalue weighted by atomic mass is 32.2. The van der Waals surface area contributed by atoms with Gasteiger partial charge in [-0.15, -0.1) is 0 Å². The Labute approximate surface area is 96.7 Å². The predicted molar refractivity (Wildman–Crippen MR) is 67.2 cm³/mol. The Morgan fingerprint density at radius 2 is 2.27 bits per heavy atom. The van der Waals surface area contributed by atoms with E-state index in [1.807, 2.05) is 31.2 Å². The molecule has 1 unspecified atom stereocenters. The fourth-order valence-corrected chi connectivity index (χ4v) is 1.58. The highest BCUT2D eigenvalue weighted by Gasteiger charge is 2.18.